The topological polar surface area (TPSA) is 12.0 Å². The summed E-state index contributed by atoms with van der Waals surface area (Å²) in [6.07, 6.45) is 0. The molecule has 0 spiro atoms. The number of rotatable bonds is 3. The average molecular weight is 279 g/mol. The van der Waals surface area contributed by atoms with Gasteiger partial charge in [-0.3, -0.25) is 0 Å². The lowest BCUT2D eigenvalue weighted by molar-refractivity contribution is 0.780. The molecular formula is C9H9BrClNS. The van der Waals surface area contributed by atoms with Gasteiger partial charge in [-0.05, 0) is 28.9 Å². The quantitative estimate of drug-likeness (QED) is 0.661. The Hall–Kier alpha value is -0.0100. The molecule has 0 aliphatic rings. The van der Waals surface area contributed by atoms with Crippen molar-refractivity contribution in [1.29, 1.82) is 0 Å². The van der Waals surface area contributed by atoms with Crippen molar-refractivity contribution in [2.45, 2.75) is 13.5 Å². The van der Waals surface area contributed by atoms with Gasteiger partial charge in [0.2, 0.25) is 0 Å². The fourth-order valence-corrected chi connectivity index (χ4v) is 2.58. The van der Waals surface area contributed by atoms with Gasteiger partial charge in [-0.2, -0.15) is 0 Å². The van der Waals surface area contributed by atoms with Crippen molar-refractivity contribution in [3.05, 3.63) is 19.8 Å². The van der Waals surface area contributed by atoms with Crippen LogP contribution in [0.15, 0.2) is 10.5 Å². The molecule has 70 valence electrons. The summed E-state index contributed by atoms with van der Waals surface area (Å²) >= 11 is 10.8. The van der Waals surface area contributed by atoms with E-state index >= 15 is 0 Å². The standard InChI is InChI=1S/C9H9BrClNS/c1-2-3-4-12-6-7-5-8(10)9(11)13-7/h5,12H,4,6H2,1H3. The SMILES string of the molecule is CC#CCNCc1cc(Br)c(Cl)s1. The Kier molecular flexibility index (Phi) is 4.82. The lowest BCUT2D eigenvalue weighted by Gasteiger charge is -1.95. The third-order valence-corrected chi connectivity index (χ3v) is 3.86. The van der Waals surface area contributed by atoms with E-state index in [1.807, 2.05) is 13.0 Å². The van der Waals surface area contributed by atoms with Crippen molar-refractivity contribution in [3.8, 4) is 11.8 Å². The zero-order chi connectivity index (χ0) is 9.68. The van der Waals surface area contributed by atoms with Crippen LogP contribution < -0.4 is 5.32 Å². The molecule has 1 rings (SSSR count). The van der Waals surface area contributed by atoms with Crippen LogP contribution in [0.3, 0.4) is 0 Å². The molecule has 0 aliphatic heterocycles. The van der Waals surface area contributed by atoms with Crippen molar-refractivity contribution in [3.63, 3.8) is 0 Å². The summed E-state index contributed by atoms with van der Waals surface area (Å²) < 4.78 is 1.77. The van der Waals surface area contributed by atoms with Crippen LogP contribution in [0.5, 0.6) is 0 Å². The summed E-state index contributed by atoms with van der Waals surface area (Å²) in [7, 11) is 0. The Morgan fingerprint density at radius 3 is 3.00 bits per heavy atom. The van der Waals surface area contributed by atoms with E-state index in [4.69, 9.17) is 11.6 Å². The fourth-order valence-electron chi connectivity index (χ4n) is 0.815. The Balaban J connectivity index is 2.40. The lowest BCUT2D eigenvalue weighted by Crippen LogP contribution is -2.11. The van der Waals surface area contributed by atoms with Gasteiger partial charge in [0, 0.05) is 15.9 Å². The minimum absolute atomic E-state index is 0.726. The van der Waals surface area contributed by atoms with E-state index in [1.165, 1.54) is 4.88 Å². The number of thiophene rings is 1. The third kappa shape index (κ3) is 3.70. The summed E-state index contributed by atoms with van der Waals surface area (Å²) in [6.45, 7) is 3.38. The number of hydrogen-bond donors (Lipinski definition) is 1. The van der Waals surface area contributed by atoms with E-state index in [-0.39, 0.29) is 0 Å². The predicted molar refractivity (Wildman–Crippen MR) is 62.2 cm³/mol. The smallest absolute Gasteiger partial charge is 0.107 e. The highest BCUT2D eigenvalue weighted by Crippen LogP contribution is 2.31. The van der Waals surface area contributed by atoms with Gasteiger partial charge >= 0.3 is 0 Å². The first-order valence-corrected chi connectivity index (χ1v) is 5.77. The van der Waals surface area contributed by atoms with Crippen LogP contribution in [-0.2, 0) is 6.54 Å². The van der Waals surface area contributed by atoms with Gasteiger partial charge in [-0.25, -0.2) is 0 Å². The van der Waals surface area contributed by atoms with Crippen molar-refractivity contribution < 1.29 is 0 Å². The van der Waals surface area contributed by atoms with Crippen molar-refractivity contribution in [1.82, 2.24) is 5.32 Å². The number of nitrogens with one attached hydrogen (secondary N) is 1. The highest BCUT2D eigenvalue weighted by Gasteiger charge is 2.02. The highest BCUT2D eigenvalue weighted by atomic mass is 79.9. The molecule has 0 saturated heterocycles. The molecule has 4 heteroatoms. The minimum Gasteiger partial charge on any atom is -0.301 e. The Morgan fingerprint density at radius 1 is 1.69 bits per heavy atom. The highest BCUT2D eigenvalue weighted by molar-refractivity contribution is 9.10. The molecule has 1 heterocycles. The lowest BCUT2D eigenvalue weighted by atomic mass is 10.4. The number of hydrogen-bond acceptors (Lipinski definition) is 2. The molecule has 0 bridgehead atoms. The molecular weight excluding hydrogens is 270 g/mol. The predicted octanol–water partition coefficient (Wildman–Crippen LogP) is 3.28. The van der Waals surface area contributed by atoms with E-state index in [9.17, 15) is 0 Å². The van der Waals surface area contributed by atoms with E-state index in [2.05, 4.69) is 33.1 Å². The van der Waals surface area contributed by atoms with Gasteiger partial charge in [0.25, 0.3) is 0 Å². The second-order valence-corrected chi connectivity index (χ2v) is 4.96. The molecule has 0 aliphatic carbocycles. The summed E-state index contributed by atoms with van der Waals surface area (Å²) in [4.78, 5) is 1.22. The summed E-state index contributed by atoms with van der Waals surface area (Å²) in [6, 6.07) is 2.03. The van der Waals surface area contributed by atoms with Crippen molar-refractivity contribution in [2.24, 2.45) is 0 Å². The van der Waals surface area contributed by atoms with Crippen LogP contribution in [0.2, 0.25) is 4.34 Å². The second-order valence-electron chi connectivity index (χ2n) is 2.36. The first kappa shape index (κ1) is 11.1. The van der Waals surface area contributed by atoms with E-state index < -0.39 is 0 Å². The molecule has 13 heavy (non-hydrogen) atoms. The molecule has 0 saturated carbocycles. The van der Waals surface area contributed by atoms with Crippen molar-refractivity contribution >= 4 is 38.9 Å². The zero-order valence-corrected chi connectivity index (χ0v) is 10.3. The van der Waals surface area contributed by atoms with E-state index in [1.54, 1.807) is 11.3 Å². The second kappa shape index (κ2) is 5.66. The maximum atomic E-state index is 5.89. The zero-order valence-electron chi connectivity index (χ0n) is 7.16. The summed E-state index contributed by atoms with van der Waals surface area (Å²) in [5.74, 6) is 5.76. The molecule has 0 atom stereocenters. The maximum Gasteiger partial charge on any atom is 0.107 e. The minimum atomic E-state index is 0.726. The van der Waals surface area contributed by atoms with Gasteiger partial charge in [0.15, 0.2) is 0 Å². The molecule has 1 N–H and O–H groups in total. The first-order valence-electron chi connectivity index (χ1n) is 3.78. The van der Waals surface area contributed by atoms with Gasteiger partial charge in [0.1, 0.15) is 4.34 Å². The molecule has 0 amide bonds. The number of halogens is 2. The van der Waals surface area contributed by atoms with Crippen LogP contribution in [-0.4, -0.2) is 6.54 Å². The summed E-state index contributed by atoms with van der Waals surface area (Å²) in [5.41, 5.74) is 0. The molecule has 0 aromatic carbocycles. The molecule has 1 nitrogen and oxygen atoms in total. The maximum absolute atomic E-state index is 5.89. The van der Waals surface area contributed by atoms with Gasteiger partial charge in [-0.1, -0.05) is 17.5 Å². The van der Waals surface area contributed by atoms with E-state index in [0.29, 0.717) is 0 Å². The Labute approximate surface area is 95.6 Å². The van der Waals surface area contributed by atoms with Gasteiger partial charge < -0.3 is 5.32 Å². The van der Waals surface area contributed by atoms with Crippen LogP contribution >= 0.6 is 38.9 Å². The monoisotopic (exact) mass is 277 g/mol. The molecule has 1 aromatic heterocycles. The Morgan fingerprint density at radius 2 is 2.46 bits per heavy atom. The van der Waals surface area contributed by atoms with E-state index in [0.717, 1.165) is 21.9 Å². The largest absolute Gasteiger partial charge is 0.301 e. The normalized spacial score (nSPS) is 9.46. The van der Waals surface area contributed by atoms with Crippen molar-refractivity contribution in [2.75, 3.05) is 6.54 Å². The van der Waals surface area contributed by atoms with Crippen LogP contribution in [0.25, 0.3) is 0 Å². The molecule has 1 aromatic rings. The van der Waals surface area contributed by atoms with Crippen LogP contribution in [0, 0.1) is 11.8 Å². The molecule has 0 unspecified atom stereocenters. The van der Waals surface area contributed by atoms with Gasteiger partial charge in [-0.15, -0.1) is 17.3 Å². The molecule has 0 radical (unpaired) electrons. The third-order valence-electron chi connectivity index (χ3n) is 1.39. The molecule has 0 fully saturated rings. The van der Waals surface area contributed by atoms with Crippen LogP contribution in [0.1, 0.15) is 11.8 Å². The average Bonchev–Trinajstić information content (AvgIpc) is 2.41. The van der Waals surface area contributed by atoms with Gasteiger partial charge in [0.05, 0.1) is 6.54 Å². The summed E-state index contributed by atoms with van der Waals surface area (Å²) in [5, 5.41) is 3.20. The fraction of sp³-hybridized carbons (Fsp3) is 0.333. The van der Waals surface area contributed by atoms with Crippen LogP contribution in [0.4, 0.5) is 0 Å². The first-order chi connectivity index (χ1) is 6.24. The Bertz CT molecular complexity index is 318.